The number of benzene rings is 3. The van der Waals surface area contributed by atoms with E-state index in [1.807, 2.05) is 23.0 Å². The molecule has 9 heteroatoms. The quantitative estimate of drug-likeness (QED) is 0.299. The van der Waals surface area contributed by atoms with Crippen LogP contribution in [0.15, 0.2) is 79.0 Å². The van der Waals surface area contributed by atoms with E-state index in [-0.39, 0.29) is 12.6 Å². The van der Waals surface area contributed by atoms with Crippen LogP contribution in [0, 0.1) is 0 Å². The third kappa shape index (κ3) is 6.13. The number of hydrogen-bond donors (Lipinski definition) is 2. The number of anilines is 2. The lowest BCUT2D eigenvalue weighted by Gasteiger charge is -2.36. The second-order valence-electron chi connectivity index (χ2n) is 9.24. The van der Waals surface area contributed by atoms with Crippen LogP contribution in [0.4, 0.5) is 16.2 Å². The lowest BCUT2D eigenvalue weighted by molar-refractivity contribution is 0.208. The summed E-state index contributed by atoms with van der Waals surface area (Å²) in [5, 5.41) is 17.4. The molecular formula is C29H29Cl2N5O2. The van der Waals surface area contributed by atoms with E-state index >= 15 is 0 Å². The van der Waals surface area contributed by atoms with Crippen LogP contribution in [-0.4, -0.2) is 52.0 Å². The minimum Gasteiger partial charge on any atom is -0.392 e. The molecule has 3 aromatic carbocycles. The summed E-state index contributed by atoms with van der Waals surface area (Å²) in [4.78, 5) is 16.8. The molecule has 0 unspecified atom stereocenters. The summed E-state index contributed by atoms with van der Waals surface area (Å²) < 4.78 is 1.99. The average Bonchev–Trinajstić information content (AvgIpc) is 3.43. The third-order valence-corrected chi connectivity index (χ3v) is 7.32. The van der Waals surface area contributed by atoms with Gasteiger partial charge in [0.1, 0.15) is 0 Å². The van der Waals surface area contributed by atoms with Gasteiger partial charge in [0.05, 0.1) is 28.0 Å². The number of hydrogen-bond acceptors (Lipinski definition) is 4. The van der Waals surface area contributed by atoms with Crippen molar-refractivity contribution >= 4 is 40.6 Å². The van der Waals surface area contributed by atoms with E-state index in [9.17, 15) is 9.90 Å². The van der Waals surface area contributed by atoms with Crippen LogP contribution in [0.3, 0.4) is 0 Å². The van der Waals surface area contributed by atoms with E-state index in [1.54, 1.807) is 17.0 Å². The molecule has 0 radical (unpaired) electrons. The standard InChI is InChI=1S/C29H29Cl2N5O2/c30-25-18-22(20-37)19-26(31)28(25)32-29(38)35-16-14-34(15-17-35)24-8-6-23(7-9-24)27-11-13-36(33-27)12-10-21-4-2-1-3-5-21/h1-9,11,13,18-19,37H,10,12,14-17,20H2,(H,32,38). The number of halogens is 2. The lowest BCUT2D eigenvalue weighted by Crippen LogP contribution is -2.50. The number of aliphatic hydroxyl groups excluding tert-OH is 1. The summed E-state index contributed by atoms with van der Waals surface area (Å²) in [6.45, 7) is 3.24. The molecule has 0 bridgehead atoms. The monoisotopic (exact) mass is 549 g/mol. The fourth-order valence-electron chi connectivity index (χ4n) is 4.56. The van der Waals surface area contributed by atoms with Gasteiger partial charge in [-0.25, -0.2) is 4.79 Å². The number of carbonyl (C=O) groups excluding carboxylic acids is 1. The van der Waals surface area contributed by atoms with E-state index < -0.39 is 0 Å². The third-order valence-electron chi connectivity index (χ3n) is 6.72. The van der Waals surface area contributed by atoms with Crippen LogP contribution in [0.5, 0.6) is 0 Å². The van der Waals surface area contributed by atoms with Crippen LogP contribution in [0.25, 0.3) is 11.3 Å². The van der Waals surface area contributed by atoms with Crippen molar-refractivity contribution in [2.24, 2.45) is 0 Å². The maximum absolute atomic E-state index is 12.8. The summed E-state index contributed by atoms with van der Waals surface area (Å²) >= 11 is 12.5. The Hall–Kier alpha value is -3.52. The van der Waals surface area contributed by atoms with E-state index in [1.165, 1.54) is 5.56 Å². The van der Waals surface area contributed by atoms with Crippen LogP contribution in [0.2, 0.25) is 10.0 Å². The number of urea groups is 1. The normalized spacial score (nSPS) is 13.6. The highest BCUT2D eigenvalue weighted by Crippen LogP contribution is 2.32. The molecule has 0 saturated carbocycles. The van der Waals surface area contributed by atoms with Gasteiger partial charge in [-0.1, -0.05) is 65.7 Å². The Kier molecular flexibility index (Phi) is 8.17. The summed E-state index contributed by atoms with van der Waals surface area (Å²) in [6, 6.07) is 23.8. The highest BCUT2D eigenvalue weighted by molar-refractivity contribution is 6.39. The molecule has 1 aromatic heterocycles. The number of aryl methyl sites for hydroxylation is 2. The van der Waals surface area contributed by atoms with Gasteiger partial charge >= 0.3 is 6.03 Å². The fourth-order valence-corrected chi connectivity index (χ4v) is 5.19. The number of nitrogens with one attached hydrogen (secondary N) is 1. The largest absolute Gasteiger partial charge is 0.392 e. The number of amides is 2. The zero-order valence-corrected chi connectivity index (χ0v) is 22.4. The summed E-state index contributed by atoms with van der Waals surface area (Å²) in [7, 11) is 0. The van der Waals surface area contributed by atoms with Crippen molar-refractivity contribution < 1.29 is 9.90 Å². The molecule has 2 heterocycles. The van der Waals surface area contributed by atoms with Gasteiger partial charge < -0.3 is 20.2 Å². The van der Waals surface area contributed by atoms with Crippen LogP contribution in [0.1, 0.15) is 11.1 Å². The molecule has 1 saturated heterocycles. The number of carbonyl (C=O) groups is 1. The van der Waals surface area contributed by atoms with E-state index in [4.69, 9.17) is 28.3 Å². The van der Waals surface area contributed by atoms with Gasteiger partial charge in [-0.2, -0.15) is 5.10 Å². The molecule has 1 aliphatic rings. The molecule has 2 N–H and O–H groups in total. The number of aromatic nitrogens is 2. The average molecular weight is 550 g/mol. The van der Waals surface area contributed by atoms with Crippen molar-refractivity contribution in [1.82, 2.24) is 14.7 Å². The topological polar surface area (TPSA) is 73.6 Å². The minimum atomic E-state index is -0.247. The maximum Gasteiger partial charge on any atom is 0.322 e. The Labute approximate surface area is 232 Å². The van der Waals surface area contributed by atoms with Crippen LogP contribution in [-0.2, 0) is 19.6 Å². The molecule has 5 rings (SSSR count). The van der Waals surface area contributed by atoms with Gasteiger partial charge in [0.25, 0.3) is 0 Å². The smallest absolute Gasteiger partial charge is 0.322 e. The van der Waals surface area contributed by atoms with Gasteiger partial charge in [0.2, 0.25) is 0 Å². The van der Waals surface area contributed by atoms with Crippen molar-refractivity contribution in [3.05, 3.63) is 100 Å². The Balaban J connectivity index is 1.14. The zero-order chi connectivity index (χ0) is 26.5. The molecular weight excluding hydrogens is 521 g/mol. The number of nitrogens with zero attached hydrogens (tertiary/aromatic N) is 4. The molecule has 0 spiro atoms. The van der Waals surface area contributed by atoms with E-state index in [0.29, 0.717) is 47.5 Å². The number of rotatable bonds is 7. The summed E-state index contributed by atoms with van der Waals surface area (Å²) in [5.74, 6) is 0. The van der Waals surface area contributed by atoms with Crippen molar-refractivity contribution in [3.63, 3.8) is 0 Å². The molecule has 1 fully saturated rings. The Morgan fingerprint density at radius 2 is 1.58 bits per heavy atom. The highest BCUT2D eigenvalue weighted by Gasteiger charge is 2.23. The second kappa shape index (κ2) is 11.9. The number of aliphatic hydroxyl groups is 1. The SMILES string of the molecule is O=C(Nc1c(Cl)cc(CO)cc1Cl)N1CCN(c2ccc(-c3ccn(CCc4ccccc4)n3)cc2)CC1. The van der Waals surface area contributed by atoms with Gasteiger partial charge in [-0.3, -0.25) is 4.68 Å². The van der Waals surface area contributed by atoms with Crippen molar-refractivity contribution in [1.29, 1.82) is 0 Å². The van der Waals surface area contributed by atoms with E-state index in [0.717, 1.165) is 29.9 Å². The first-order valence-electron chi connectivity index (χ1n) is 12.6. The van der Waals surface area contributed by atoms with Crippen molar-refractivity contribution in [2.45, 2.75) is 19.6 Å². The molecule has 38 heavy (non-hydrogen) atoms. The number of piperazine rings is 1. The van der Waals surface area contributed by atoms with Crippen molar-refractivity contribution in [3.8, 4) is 11.3 Å². The molecule has 4 aromatic rings. The summed E-state index contributed by atoms with van der Waals surface area (Å²) in [5.41, 5.74) is 5.39. The van der Waals surface area contributed by atoms with Crippen LogP contribution >= 0.6 is 23.2 Å². The predicted octanol–water partition coefficient (Wildman–Crippen LogP) is 5.95. The van der Waals surface area contributed by atoms with Gasteiger partial charge in [0, 0.05) is 50.2 Å². The van der Waals surface area contributed by atoms with Gasteiger partial charge in [-0.15, -0.1) is 0 Å². The molecule has 196 valence electrons. The molecule has 7 nitrogen and oxygen atoms in total. The van der Waals surface area contributed by atoms with Crippen LogP contribution < -0.4 is 10.2 Å². The fraction of sp³-hybridized carbons (Fsp3) is 0.241. The first-order valence-corrected chi connectivity index (χ1v) is 13.3. The molecule has 2 amide bonds. The van der Waals surface area contributed by atoms with E-state index in [2.05, 4.69) is 58.7 Å². The maximum atomic E-state index is 12.8. The molecule has 0 aliphatic carbocycles. The Morgan fingerprint density at radius 1 is 0.895 bits per heavy atom. The second-order valence-corrected chi connectivity index (χ2v) is 10.1. The predicted molar refractivity (Wildman–Crippen MR) is 153 cm³/mol. The molecule has 1 aliphatic heterocycles. The zero-order valence-electron chi connectivity index (χ0n) is 20.9. The Morgan fingerprint density at radius 3 is 2.24 bits per heavy atom. The first-order chi connectivity index (χ1) is 18.5. The van der Waals surface area contributed by atoms with Crippen molar-refractivity contribution in [2.75, 3.05) is 36.4 Å². The van der Waals surface area contributed by atoms with Gasteiger partial charge in [-0.05, 0) is 47.9 Å². The summed E-state index contributed by atoms with van der Waals surface area (Å²) in [6.07, 6.45) is 2.97. The first kappa shape index (κ1) is 26.1. The van der Waals surface area contributed by atoms with Gasteiger partial charge in [0.15, 0.2) is 0 Å². The highest BCUT2D eigenvalue weighted by atomic mass is 35.5. The Bertz CT molecular complexity index is 1360. The molecule has 0 atom stereocenters. The lowest BCUT2D eigenvalue weighted by atomic mass is 10.1. The minimum absolute atomic E-state index is 0.172.